The molecule has 1 aromatic carbocycles. The molecular formula is C20H31NS. The Balaban J connectivity index is 0.00000192. The molecule has 1 aromatic rings. The maximum atomic E-state index is 5.80. The van der Waals surface area contributed by atoms with Crippen molar-refractivity contribution >= 4 is 11.8 Å². The van der Waals surface area contributed by atoms with E-state index in [0.717, 1.165) is 11.8 Å². The Bertz CT molecular complexity index is 544. The molecule has 2 saturated carbocycles. The van der Waals surface area contributed by atoms with Crippen molar-refractivity contribution in [1.82, 2.24) is 0 Å². The van der Waals surface area contributed by atoms with Gasteiger partial charge in [0, 0.05) is 13.1 Å². The van der Waals surface area contributed by atoms with E-state index in [4.69, 9.17) is 5.73 Å². The molecule has 2 N–H and O–H groups in total. The van der Waals surface area contributed by atoms with Gasteiger partial charge in [-0.05, 0) is 61.3 Å². The molecule has 22 heavy (non-hydrogen) atoms. The van der Waals surface area contributed by atoms with Crippen molar-refractivity contribution < 1.29 is 1.43 Å². The standard InChI is InChI=1S/C20H29NS.H2/c1-3-16-10-19(14-22-15-21)11-17(16)12-20(4-2,13-19)18-8-6-5-7-9-18;/h3,5-9,17H,4,10-15,21H2,1-2H3;1H/b16-3+;. The molecule has 0 heterocycles. The van der Waals surface area contributed by atoms with Gasteiger partial charge >= 0.3 is 0 Å². The minimum atomic E-state index is 0. The first kappa shape index (κ1) is 16.1. The lowest BCUT2D eigenvalue weighted by molar-refractivity contribution is 0.140. The Hall–Kier alpha value is -0.730. The highest BCUT2D eigenvalue weighted by Gasteiger charge is 2.53. The molecule has 2 aliphatic carbocycles. The summed E-state index contributed by atoms with van der Waals surface area (Å²) in [4.78, 5) is 0. The lowest BCUT2D eigenvalue weighted by Gasteiger charge is -2.46. The third-order valence-electron chi connectivity index (χ3n) is 6.09. The summed E-state index contributed by atoms with van der Waals surface area (Å²) < 4.78 is 0. The summed E-state index contributed by atoms with van der Waals surface area (Å²) in [6, 6.07) is 11.3. The first-order valence-corrected chi connectivity index (χ1v) is 9.81. The van der Waals surface area contributed by atoms with E-state index in [0.29, 0.717) is 10.8 Å². The van der Waals surface area contributed by atoms with Gasteiger partial charge < -0.3 is 5.73 Å². The Morgan fingerprint density at radius 1 is 1.32 bits per heavy atom. The fraction of sp³-hybridized carbons (Fsp3) is 0.600. The molecule has 0 aromatic heterocycles. The van der Waals surface area contributed by atoms with Gasteiger partial charge in [-0.15, -0.1) is 11.8 Å². The zero-order valence-electron chi connectivity index (χ0n) is 14.0. The van der Waals surface area contributed by atoms with Gasteiger partial charge in [0.2, 0.25) is 0 Å². The number of rotatable bonds is 5. The van der Waals surface area contributed by atoms with E-state index in [1.54, 1.807) is 11.1 Å². The molecule has 0 spiro atoms. The van der Waals surface area contributed by atoms with Crippen LogP contribution >= 0.6 is 11.8 Å². The summed E-state index contributed by atoms with van der Waals surface area (Å²) >= 11 is 1.93. The van der Waals surface area contributed by atoms with Crippen molar-refractivity contribution in [3.63, 3.8) is 0 Å². The molecule has 0 aliphatic heterocycles. The average Bonchev–Trinajstić information content (AvgIpc) is 2.84. The van der Waals surface area contributed by atoms with Gasteiger partial charge in [0.15, 0.2) is 0 Å². The van der Waals surface area contributed by atoms with Crippen LogP contribution in [0.3, 0.4) is 0 Å². The molecule has 122 valence electrons. The number of nitrogens with two attached hydrogens (primary N) is 1. The summed E-state index contributed by atoms with van der Waals surface area (Å²) in [6.07, 6.45) is 9.00. The molecule has 2 fully saturated rings. The van der Waals surface area contributed by atoms with Crippen LogP contribution in [0.25, 0.3) is 0 Å². The van der Waals surface area contributed by atoms with E-state index >= 15 is 0 Å². The summed E-state index contributed by atoms with van der Waals surface area (Å²) in [5, 5.41) is 0. The highest BCUT2D eigenvalue weighted by atomic mass is 32.2. The van der Waals surface area contributed by atoms with Crippen LogP contribution in [0, 0.1) is 11.3 Å². The minimum Gasteiger partial charge on any atom is -0.322 e. The molecule has 0 amide bonds. The van der Waals surface area contributed by atoms with E-state index in [2.05, 4.69) is 50.3 Å². The number of hydrogen-bond donors (Lipinski definition) is 1. The van der Waals surface area contributed by atoms with Crippen LogP contribution in [0.4, 0.5) is 0 Å². The topological polar surface area (TPSA) is 26.0 Å². The molecule has 2 heteroatoms. The van der Waals surface area contributed by atoms with Crippen LogP contribution in [0.1, 0.15) is 52.9 Å². The van der Waals surface area contributed by atoms with Crippen LogP contribution in [0.5, 0.6) is 0 Å². The number of benzene rings is 1. The molecule has 3 unspecified atom stereocenters. The van der Waals surface area contributed by atoms with Gasteiger partial charge in [0.25, 0.3) is 0 Å². The average molecular weight is 318 g/mol. The zero-order valence-corrected chi connectivity index (χ0v) is 14.8. The van der Waals surface area contributed by atoms with Gasteiger partial charge in [0.05, 0.1) is 0 Å². The van der Waals surface area contributed by atoms with Crippen molar-refractivity contribution in [3.05, 3.63) is 47.5 Å². The Morgan fingerprint density at radius 2 is 2.09 bits per heavy atom. The second-order valence-corrected chi connectivity index (χ2v) is 8.37. The van der Waals surface area contributed by atoms with Crippen molar-refractivity contribution in [1.29, 1.82) is 0 Å². The number of fused-ring (bicyclic) bond motifs is 2. The number of allylic oxidation sites excluding steroid dienone is 2. The van der Waals surface area contributed by atoms with Gasteiger partial charge in [-0.2, -0.15) is 0 Å². The Kier molecular flexibility index (Phi) is 4.70. The number of hydrogen-bond acceptors (Lipinski definition) is 2. The van der Waals surface area contributed by atoms with E-state index in [1.165, 1.54) is 37.9 Å². The monoisotopic (exact) mass is 317 g/mol. The van der Waals surface area contributed by atoms with Gasteiger partial charge in [0.1, 0.15) is 0 Å². The van der Waals surface area contributed by atoms with Gasteiger partial charge in [-0.3, -0.25) is 0 Å². The van der Waals surface area contributed by atoms with Crippen LogP contribution in [0.2, 0.25) is 0 Å². The predicted octanol–water partition coefficient (Wildman–Crippen LogP) is 5.37. The fourth-order valence-corrected chi connectivity index (χ4v) is 6.04. The third-order valence-corrected chi connectivity index (χ3v) is 7.15. The first-order valence-electron chi connectivity index (χ1n) is 8.65. The van der Waals surface area contributed by atoms with Crippen LogP contribution < -0.4 is 5.73 Å². The highest BCUT2D eigenvalue weighted by molar-refractivity contribution is 7.99. The summed E-state index contributed by atoms with van der Waals surface area (Å²) in [5.74, 6) is 2.77. The number of thioether (sulfide) groups is 1. The SMILES string of the molecule is C/C=C1\CC2(CSCN)CC1CC(CC)(c1ccccc1)C2.[HH]. The van der Waals surface area contributed by atoms with Gasteiger partial charge in [-0.25, -0.2) is 0 Å². The summed E-state index contributed by atoms with van der Waals surface area (Å²) in [7, 11) is 0. The van der Waals surface area contributed by atoms with Crippen molar-refractivity contribution in [2.45, 2.75) is 51.4 Å². The quantitative estimate of drug-likeness (QED) is 0.584. The smallest absolute Gasteiger partial charge is 0.0392 e. The fourth-order valence-electron chi connectivity index (χ4n) is 5.16. The maximum Gasteiger partial charge on any atom is 0.0392 e. The van der Waals surface area contributed by atoms with Crippen molar-refractivity contribution in [3.8, 4) is 0 Å². The molecule has 3 rings (SSSR count). The molecular weight excluding hydrogens is 286 g/mol. The van der Waals surface area contributed by atoms with E-state index in [9.17, 15) is 0 Å². The second kappa shape index (κ2) is 6.41. The first-order chi connectivity index (χ1) is 10.7. The third kappa shape index (κ3) is 2.76. The lowest BCUT2D eigenvalue weighted by Crippen LogP contribution is -2.40. The molecule has 0 saturated heterocycles. The van der Waals surface area contributed by atoms with Crippen LogP contribution in [-0.4, -0.2) is 11.6 Å². The van der Waals surface area contributed by atoms with Crippen LogP contribution in [0.15, 0.2) is 42.0 Å². The molecule has 2 bridgehead atoms. The normalized spacial score (nSPS) is 36.0. The Labute approximate surface area is 141 Å². The molecule has 2 aliphatic rings. The van der Waals surface area contributed by atoms with E-state index < -0.39 is 0 Å². The predicted molar refractivity (Wildman–Crippen MR) is 100 cm³/mol. The molecule has 0 radical (unpaired) electrons. The summed E-state index contributed by atoms with van der Waals surface area (Å²) in [5.41, 5.74) is 9.91. The highest BCUT2D eigenvalue weighted by Crippen LogP contribution is 2.62. The van der Waals surface area contributed by atoms with Crippen LogP contribution in [-0.2, 0) is 5.41 Å². The molecule has 1 nitrogen and oxygen atoms in total. The lowest BCUT2D eigenvalue weighted by atomic mass is 9.59. The Morgan fingerprint density at radius 3 is 2.73 bits per heavy atom. The second-order valence-electron chi connectivity index (χ2n) is 7.34. The largest absolute Gasteiger partial charge is 0.322 e. The van der Waals surface area contributed by atoms with E-state index in [1.807, 2.05) is 11.8 Å². The van der Waals surface area contributed by atoms with E-state index in [-0.39, 0.29) is 1.43 Å². The molecule has 3 atom stereocenters. The minimum absolute atomic E-state index is 0. The van der Waals surface area contributed by atoms with Crippen molar-refractivity contribution in [2.24, 2.45) is 17.1 Å². The maximum absolute atomic E-state index is 5.80. The van der Waals surface area contributed by atoms with Gasteiger partial charge in [-0.1, -0.05) is 48.9 Å². The summed E-state index contributed by atoms with van der Waals surface area (Å²) in [6.45, 7) is 4.62. The zero-order chi connectivity index (χ0) is 15.6. The van der Waals surface area contributed by atoms with Crippen molar-refractivity contribution in [2.75, 3.05) is 11.6 Å².